The van der Waals surface area contributed by atoms with Crippen LogP contribution in [0.2, 0.25) is 0 Å². The third-order valence-electron chi connectivity index (χ3n) is 2.93. The largest absolute Gasteiger partial charge is 0.360 e. The van der Waals surface area contributed by atoms with Crippen LogP contribution < -0.4 is 10.5 Å². The molecule has 0 aliphatic heterocycles. The van der Waals surface area contributed by atoms with Gasteiger partial charge in [0, 0.05) is 12.1 Å². The number of aromatic nitrogens is 1. The van der Waals surface area contributed by atoms with Crippen molar-refractivity contribution in [3.63, 3.8) is 0 Å². The van der Waals surface area contributed by atoms with Crippen molar-refractivity contribution in [3.8, 4) is 0 Å². The summed E-state index contributed by atoms with van der Waals surface area (Å²) in [5, 5.41) is 3.67. The molecular weight excluding hydrogens is 302 g/mol. The lowest BCUT2D eigenvalue weighted by Gasteiger charge is -2.30. The summed E-state index contributed by atoms with van der Waals surface area (Å²) in [5.41, 5.74) is 5.40. The van der Waals surface area contributed by atoms with E-state index < -0.39 is 15.6 Å². The van der Waals surface area contributed by atoms with Gasteiger partial charge in [0.25, 0.3) is 0 Å². The fourth-order valence-corrected chi connectivity index (χ4v) is 4.06. The minimum Gasteiger partial charge on any atom is -0.360 e. The van der Waals surface area contributed by atoms with Crippen LogP contribution in [0.15, 0.2) is 9.42 Å². The summed E-state index contributed by atoms with van der Waals surface area (Å²) < 4.78 is 32.4. The second kappa shape index (κ2) is 6.89. The van der Waals surface area contributed by atoms with Crippen LogP contribution >= 0.6 is 12.4 Å². The molecule has 1 aromatic heterocycles. The van der Waals surface area contributed by atoms with Crippen LogP contribution in [0.4, 0.5) is 0 Å². The number of nitrogens with two attached hydrogens (primary N) is 1. The summed E-state index contributed by atoms with van der Waals surface area (Å²) in [6, 6.07) is 0. The van der Waals surface area contributed by atoms with E-state index in [1.165, 1.54) is 0 Å². The number of hydrogen-bond donors (Lipinski definition) is 2. The molecule has 1 atom stereocenters. The number of halogens is 1. The zero-order valence-electron chi connectivity index (χ0n) is 12.6. The molecule has 20 heavy (non-hydrogen) atoms. The lowest BCUT2D eigenvalue weighted by atomic mass is 9.92. The fourth-order valence-electron chi connectivity index (χ4n) is 2.30. The Morgan fingerprint density at radius 1 is 1.40 bits per heavy atom. The molecular formula is C12H24ClN3O3S. The van der Waals surface area contributed by atoms with Crippen molar-refractivity contribution in [2.75, 3.05) is 6.54 Å². The second-order valence-electron chi connectivity index (χ2n) is 5.62. The Balaban J connectivity index is 0.00000361. The van der Waals surface area contributed by atoms with Gasteiger partial charge in [0.2, 0.25) is 10.0 Å². The van der Waals surface area contributed by atoms with E-state index in [0.717, 1.165) is 0 Å². The molecule has 0 aliphatic carbocycles. The summed E-state index contributed by atoms with van der Waals surface area (Å²) in [6.07, 6.45) is 0.659. The van der Waals surface area contributed by atoms with Crippen molar-refractivity contribution in [1.82, 2.24) is 9.88 Å². The topological polar surface area (TPSA) is 98.2 Å². The number of hydrogen-bond acceptors (Lipinski definition) is 5. The van der Waals surface area contributed by atoms with Crippen molar-refractivity contribution in [2.45, 2.75) is 51.5 Å². The van der Waals surface area contributed by atoms with Gasteiger partial charge in [-0.1, -0.05) is 19.0 Å². The van der Waals surface area contributed by atoms with Gasteiger partial charge in [0.1, 0.15) is 10.6 Å². The van der Waals surface area contributed by atoms with Crippen LogP contribution in [-0.4, -0.2) is 25.7 Å². The molecule has 0 aromatic carbocycles. The Labute approximate surface area is 126 Å². The third-order valence-corrected chi connectivity index (χ3v) is 4.81. The van der Waals surface area contributed by atoms with Crippen LogP contribution in [0.1, 0.15) is 38.6 Å². The van der Waals surface area contributed by atoms with Crippen molar-refractivity contribution < 1.29 is 12.9 Å². The molecule has 6 nitrogen and oxygen atoms in total. The van der Waals surface area contributed by atoms with Crippen molar-refractivity contribution in [1.29, 1.82) is 0 Å². The smallest absolute Gasteiger partial charge is 0.246 e. The van der Waals surface area contributed by atoms with Crippen molar-refractivity contribution in [3.05, 3.63) is 11.5 Å². The van der Waals surface area contributed by atoms with Gasteiger partial charge < -0.3 is 10.3 Å². The first kappa shape index (κ1) is 19.4. The van der Waals surface area contributed by atoms with E-state index in [9.17, 15) is 8.42 Å². The molecule has 3 N–H and O–H groups in total. The fraction of sp³-hybridized carbons (Fsp3) is 0.750. The molecule has 0 spiro atoms. The summed E-state index contributed by atoms with van der Waals surface area (Å²) in [7, 11) is -3.68. The van der Waals surface area contributed by atoms with Gasteiger partial charge in [-0.25, -0.2) is 13.1 Å². The highest BCUT2D eigenvalue weighted by atomic mass is 35.5. The highest BCUT2D eigenvalue weighted by Crippen LogP contribution is 2.23. The molecule has 118 valence electrons. The van der Waals surface area contributed by atoms with Crippen LogP contribution in [0.5, 0.6) is 0 Å². The predicted molar refractivity (Wildman–Crippen MR) is 80.5 cm³/mol. The second-order valence-corrected chi connectivity index (χ2v) is 7.24. The molecule has 1 heterocycles. The number of rotatable bonds is 6. The highest BCUT2D eigenvalue weighted by Gasteiger charge is 2.33. The number of nitrogens with zero attached hydrogens (tertiary/aromatic N) is 1. The van der Waals surface area contributed by atoms with Crippen LogP contribution in [0, 0.1) is 19.8 Å². The monoisotopic (exact) mass is 325 g/mol. The number of sulfonamides is 1. The van der Waals surface area contributed by atoms with Gasteiger partial charge in [0.15, 0.2) is 5.76 Å². The molecule has 1 rings (SSSR count). The molecule has 0 saturated carbocycles. The maximum absolute atomic E-state index is 12.4. The maximum Gasteiger partial charge on any atom is 0.246 e. The lowest BCUT2D eigenvalue weighted by Crippen LogP contribution is -2.52. The number of nitrogens with one attached hydrogen (secondary N) is 1. The minimum atomic E-state index is -3.68. The van der Waals surface area contributed by atoms with Crippen LogP contribution in [0.25, 0.3) is 0 Å². The Hall–Kier alpha value is -0.630. The van der Waals surface area contributed by atoms with Crippen LogP contribution in [0.3, 0.4) is 0 Å². The SMILES string of the molecule is Cc1noc(C)c1S(=O)(=O)NC(C)(CN)CC(C)C.Cl. The first-order valence-electron chi connectivity index (χ1n) is 6.28. The van der Waals surface area contributed by atoms with E-state index in [-0.39, 0.29) is 29.6 Å². The Kier molecular flexibility index (Phi) is 6.67. The van der Waals surface area contributed by atoms with Crippen LogP contribution in [-0.2, 0) is 10.0 Å². The summed E-state index contributed by atoms with van der Waals surface area (Å²) in [4.78, 5) is 0.107. The minimum absolute atomic E-state index is 0. The van der Waals surface area contributed by atoms with E-state index in [2.05, 4.69) is 9.88 Å². The zero-order valence-corrected chi connectivity index (χ0v) is 14.2. The van der Waals surface area contributed by atoms with Gasteiger partial charge in [-0.05, 0) is 33.1 Å². The van der Waals surface area contributed by atoms with Gasteiger partial charge in [0.05, 0.1) is 0 Å². The first-order chi connectivity index (χ1) is 8.61. The van der Waals surface area contributed by atoms with E-state index in [1.807, 2.05) is 20.8 Å². The molecule has 0 amide bonds. The standard InChI is InChI=1S/C12H23N3O3S.ClH/c1-8(2)6-12(5,7-13)15-19(16,17)11-9(3)14-18-10(11)4;/h8,15H,6-7,13H2,1-5H3;1H. The molecule has 0 saturated heterocycles. The molecule has 1 unspecified atom stereocenters. The Morgan fingerprint density at radius 3 is 2.30 bits per heavy atom. The molecule has 0 bridgehead atoms. The molecule has 0 radical (unpaired) electrons. The lowest BCUT2D eigenvalue weighted by molar-refractivity contribution is 0.344. The highest BCUT2D eigenvalue weighted by molar-refractivity contribution is 7.89. The Morgan fingerprint density at radius 2 is 1.95 bits per heavy atom. The molecule has 0 aliphatic rings. The van der Waals surface area contributed by atoms with Gasteiger partial charge in [-0.3, -0.25) is 0 Å². The van der Waals surface area contributed by atoms with E-state index in [4.69, 9.17) is 10.3 Å². The zero-order chi connectivity index (χ0) is 14.8. The quantitative estimate of drug-likeness (QED) is 0.830. The van der Waals surface area contributed by atoms with E-state index >= 15 is 0 Å². The van der Waals surface area contributed by atoms with Crippen molar-refractivity contribution >= 4 is 22.4 Å². The van der Waals surface area contributed by atoms with E-state index in [0.29, 0.717) is 18.0 Å². The molecule has 0 fully saturated rings. The normalized spacial score (nSPS) is 14.9. The maximum atomic E-state index is 12.4. The molecule has 1 aromatic rings. The Bertz CT molecular complexity index is 523. The molecule has 8 heteroatoms. The third kappa shape index (κ3) is 4.44. The van der Waals surface area contributed by atoms with E-state index in [1.54, 1.807) is 13.8 Å². The van der Waals surface area contributed by atoms with Gasteiger partial charge in [-0.2, -0.15) is 0 Å². The summed E-state index contributed by atoms with van der Waals surface area (Å²) in [6.45, 7) is 9.27. The summed E-state index contributed by atoms with van der Waals surface area (Å²) >= 11 is 0. The summed E-state index contributed by atoms with van der Waals surface area (Å²) in [5.74, 6) is 0.620. The predicted octanol–water partition coefficient (Wildman–Crippen LogP) is 1.76. The average Bonchev–Trinajstić information content (AvgIpc) is 2.56. The number of aryl methyl sites for hydroxylation is 2. The average molecular weight is 326 g/mol. The van der Waals surface area contributed by atoms with Crippen molar-refractivity contribution in [2.24, 2.45) is 11.7 Å². The van der Waals surface area contributed by atoms with Gasteiger partial charge >= 0.3 is 0 Å². The first-order valence-corrected chi connectivity index (χ1v) is 7.76. The van der Waals surface area contributed by atoms with Gasteiger partial charge in [-0.15, -0.1) is 12.4 Å².